The highest BCUT2D eigenvalue weighted by Crippen LogP contribution is 2.57. The maximum absolute atomic E-state index is 9.66. The molecule has 1 aliphatic rings. The van der Waals surface area contributed by atoms with E-state index in [-0.39, 0.29) is 17.2 Å². The molecule has 15 heavy (non-hydrogen) atoms. The van der Waals surface area contributed by atoms with Crippen molar-refractivity contribution in [3.05, 3.63) is 23.8 Å². The first-order chi connectivity index (χ1) is 6.98. The number of aromatic hydroxyl groups is 1. The van der Waals surface area contributed by atoms with Gasteiger partial charge in [-0.25, -0.2) is 0 Å². The van der Waals surface area contributed by atoms with Gasteiger partial charge in [0.2, 0.25) is 0 Å². The van der Waals surface area contributed by atoms with Crippen LogP contribution in [0.2, 0.25) is 0 Å². The van der Waals surface area contributed by atoms with Crippen LogP contribution in [0.4, 0.5) is 0 Å². The molecule has 3 nitrogen and oxygen atoms in total. The number of nitrogens with two attached hydrogens (primary N) is 1. The molecule has 0 amide bonds. The Morgan fingerprint density at radius 3 is 2.40 bits per heavy atom. The minimum Gasteiger partial charge on any atom is -0.504 e. The van der Waals surface area contributed by atoms with Crippen LogP contribution in [-0.2, 0) is 0 Å². The number of methoxy groups -OCH3 is 1. The molecule has 0 unspecified atom stereocenters. The van der Waals surface area contributed by atoms with Crippen LogP contribution in [-0.4, -0.2) is 18.3 Å². The molecule has 1 aromatic carbocycles. The molecule has 1 aliphatic carbocycles. The highest BCUT2D eigenvalue weighted by molar-refractivity contribution is 5.46. The van der Waals surface area contributed by atoms with Gasteiger partial charge >= 0.3 is 0 Å². The molecule has 1 aromatic rings. The van der Waals surface area contributed by atoms with Crippen LogP contribution in [0.1, 0.15) is 25.3 Å². The highest BCUT2D eigenvalue weighted by atomic mass is 16.5. The molecule has 1 saturated carbocycles. The van der Waals surface area contributed by atoms with Crippen LogP contribution >= 0.6 is 0 Å². The van der Waals surface area contributed by atoms with E-state index >= 15 is 0 Å². The lowest BCUT2D eigenvalue weighted by atomic mass is 10.0. The molecule has 0 heterocycles. The van der Waals surface area contributed by atoms with Crippen molar-refractivity contribution >= 4 is 0 Å². The Morgan fingerprint density at radius 1 is 1.40 bits per heavy atom. The van der Waals surface area contributed by atoms with Crippen molar-refractivity contribution in [3.8, 4) is 11.5 Å². The Kier molecular flexibility index (Phi) is 2.15. The van der Waals surface area contributed by atoms with Gasteiger partial charge in [0, 0.05) is 12.0 Å². The van der Waals surface area contributed by atoms with E-state index in [1.54, 1.807) is 19.2 Å². The Balaban J connectivity index is 2.29. The smallest absolute Gasteiger partial charge is 0.160 e. The second-order valence-electron chi connectivity index (χ2n) is 4.76. The van der Waals surface area contributed by atoms with E-state index < -0.39 is 0 Å². The number of ether oxygens (including phenoxy) is 1. The van der Waals surface area contributed by atoms with Gasteiger partial charge in [0.1, 0.15) is 0 Å². The van der Waals surface area contributed by atoms with Crippen molar-refractivity contribution in [3.63, 3.8) is 0 Å². The van der Waals surface area contributed by atoms with E-state index in [1.165, 1.54) is 0 Å². The van der Waals surface area contributed by atoms with Gasteiger partial charge in [-0.2, -0.15) is 0 Å². The third-order valence-electron chi connectivity index (χ3n) is 3.47. The molecule has 2 atom stereocenters. The zero-order chi connectivity index (χ0) is 11.2. The fraction of sp³-hybridized carbons (Fsp3) is 0.500. The van der Waals surface area contributed by atoms with E-state index in [0.29, 0.717) is 11.7 Å². The standard InChI is InChI=1S/C12H17NO2/c1-12(2)10(11(12)13)7-4-5-9(15-3)8(14)6-7/h4-6,10-11,14H,13H2,1-3H3/t10-,11-/m0/s1. The summed E-state index contributed by atoms with van der Waals surface area (Å²) in [6.45, 7) is 4.28. The third kappa shape index (κ3) is 1.47. The summed E-state index contributed by atoms with van der Waals surface area (Å²) in [4.78, 5) is 0. The zero-order valence-corrected chi connectivity index (χ0v) is 9.32. The second-order valence-corrected chi connectivity index (χ2v) is 4.76. The molecule has 1 fully saturated rings. The topological polar surface area (TPSA) is 55.5 Å². The largest absolute Gasteiger partial charge is 0.504 e. The average molecular weight is 207 g/mol. The van der Waals surface area contributed by atoms with E-state index in [1.807, 2.05) is 6.07 Å². The number of hydrogen-bond donors (Lipinski definition) is 2. The maximum atomic E-state index is 9.66. The van der Waals surface area contributed by atoms with Crippen molar-refractivity contribution < 1.29 is 9.84 Å². The van der Waals surface area contributed by atoms with Gasteiger partial charge in [-0.3, -0.25) is 0 Å². The molecule has 2 rings (SSSR count). The van der Waals surface area contributed by atoms with Crippen molar-refractivity contribution in [2.45, 2.75) is 25.8 Å². The maximum Gasteiger partial charge on any atom is 0.160 e. The van der Waals surface area contributed by atoms with Gasteiger partial charge in [0.25, 0.3) is 0 Å². The lowest BCUT2D eigenvalue weighted by molar-refractivity contribution is 0.373. The van der Waals surface area contributed by atoms with Gasteiger partial charge < -0.3 is 15.6 Å². The molecule has 82 valence electrons. The number of phenolic OH excluding ortho intramolecular Hbond substituents is 1. The summed E-state index contributed by atoms with van der Waals surface area (Å²) < 4.78 is 5.00. The monoisotopic (exact) mass is 207 g/mol. The molecule has 0 aromatic heterocycles. The number of benzene rings is 1. The molecule has 3 heteroatoms. The fourth-order valence-electron chi connectivity index (χ4n) is 2.21. The van der Waals surface area contributed by atoms with E-state index in [2.05, 4.69) is 13.8 Å². The Bertz CT molecular complexity index is 387. The number of hydrogen-bond acceptors (Lipinski definition) is 3. The summed E-state index contributed by atoms with van der Waals surface area (Å²) in [7, 11) is 1.54. The van der Waals surface area contributed by atoms with Crippen molar-refractivity contribution in [1.82, 2.24) is 0 Å². The summed E-state index contributed by atoms with van der Waals surface area (Å²) in [5.41, 5.74) is 7.21. The molecular formula is C12H17NO2. The summed E-state index contributed by atoms with van der Waals surface area (Å²) >= 11 is 0. The average Bonchev–Trinajstić information content (AvgIpc) is 2.66. The predicted molar refractivity (Wildman–Crippen MR) is 59.2 cm³/mol. The lowest BCUT2D eigenvalue weighted by Gasteiger charge is -2.07. The molecular weight excluding hydrogens is 190 g/mol. The van der Waals surface area contributed by atoms with Gasteiger partial charge in [-0.15, -0.1) is 0 Å². The molecule has 3 N–H and O–H groups in total. The van der Waals surface area contributed by atoms with Crippen LogP contribution in [0.15, 0.2) is 18.2 Å². The van der Waals surface area contributed by atoms with Crippen molar-refractivity contribution in [2.75, 3.05) is 7.11 Å². The first kappa shape index (κ1) is 10.3. The van der Waals surface area contributed by atoms with Crippen LogP contribution < -0.4 is 10.5 Å². The summed E-state index contributed by atoms with van der Waals surface area (Å²) in [6.07, 6.45) is 0. The summed E-state index contributed by atoms with van der Waals surface area (Å²) in [5.74, 6) is 1.03. The SMILES string of the molecule is COc1ccc([C@H]2[C@H](N)C2(C)C)cc1O. The fourth-order valence-corrected chi connectivity index (χ4v) is 2.21. The highest BCUT2D eigenvalue weighted by Gasteiger charge is 2.56. The van der Waals surface area contributed by atoms with Crippen LogP contribution in [0.3, 0.4) is 0 Å². The molecule has 0 bridgehead atoms. The molecule has 0 radical (unpaired) electrons. The minimum atomic E-state index is 0.140. The molecule has 0 aliphatic heterocycles. The van der Waals surface area contributed by atoms with Crippen molar-refractivity contribution in [2.24, 2.45) is 11.1 Å². The minimum absolute atomic E-state index is 0.140. The quantitative estimate of drug-likeness (QED) is 0.778. The number of rotatable bonds is 2. The van der Waals surface area contributed by atoms with Gasteiger partial charge in [0.15, 0.2) is 11.5 Å². The van der Waals surface area contributed by atoms with E-state index in [0.717, 1.165) is 5.56 Å². The third-order valence-corrected chi connectivity index (χ3v) is 3.47. The van der Waals surface area contributed by atoms with Crippen molar-refractivity contribution in [1.29, 1.82) is 0 Å². The van der Waals surface area contributed by atoms with Crippen LogP contribution in [0, 0.1) is 5.41 Å². The normalized spacial score (nSPS) is 27.5. The second kappa shape index (κ2) is 3.14. The first-order valence-corrected chi connectivity index (χ1v) is 5.11. The summed E-state index contributed by atoms with van der Waals surface area (Å²) in [6, 6.07) is 5.69. The summed E-state index contributed by atoms with van der Waals surface area (Å²) in [5, 5.41) is 9.66. The van der Waals surface area contributed by atoms with E-state index in [4.69, 9.17) is 10.5 Å². The lowest BCUT2D eigenvalue weighted by Crippen LogP contribution is -2.06. The predicted octanol–water partition coefficient (Wildman–Crippen LogP) is 1.85. The van der Waals surface area contributed by atoms with Gasteiger partial charge in [-0.05, 0) is 23.1 Å². The first-order valence-electron chi connectivity index (χ1n) is 5.11. The molecule has 0 saturated heterocycles. The van der Waals surface area contributed by atoms with Gasteiger partial charge in [-0.1, -0.05) is 19.9 Å². The zero-order valence-electron chi connectivity index (χ0n) is 9.32. The molecule has 0 spiro atoms. The Hall–Kier alpha value is -1.22. The van der Waals surface area contributed by atoms with Crippen LogP contribution in [0.25, 0.3) is 0 Å². The van der Waals surface area contributed by atoms with Crippen LogP contribution in [0.5, 0.6) is 11.5 Å². The Morgan fingerprint density at radius 2 is 2.00 bits per heavy atom. The van der Waals surface area contributed by atoms with Gasteiger partial charge in [0.05, 0.1) is 7.11 Å². The van der Waals surface area contributed by atoms with E-state index in [9.17, 15) is 5.11 Å². The Labute approximate surface area is 89.9 Å². The number of phenols is 1.